The van der Waals surface area contributed by atoms with Gasteiger partial charge in [0, 0.05) is 17.3 Å². The van der Waals surface area contributed by atoms with Crippen molar-refractivity contribution in [1.29, 1.82) is 0 Å². The molecule has 26 heavy (non-hydrogen) atoms. The molecule has 0 saturated carbocycles. The molecule has 2 amide bonds. The molecular weight excluding hydrogens is 328 g/mol. The Morgan fingerprint density at radius 2 is 1.77 bits per heavy atom. The van der Waals surface area contributed by atoms with E-state index in [1.807, 2.05) is 45.9 Å². The maximum atomic E-state index is 12.1. The van der Waals surface area contributed by atoms with Crippen molar-refractivity contribution in [3.8, 4) is 5.75 Å². The Morgan fingerprint density at radius 3 is 2.38 bits per heavy atom. The van der Waals surface area contributed by atoms with E-state index in [0.717, 1.165) is 17.5 Å². The highest BCUT2D eigenvalue weighted by Crippen LogP contribution is 2.18. The van der Waals surface area contributed by atoms with Gasteiger partial charge in [0.25, 0.3) is 11.8 Å². The number of ether oxygens (including phenoxy) is 1. The zero-order valence-corrected chi connectivity index (χ0v) is 15.8. The first-order valence-corrected chi connectivity index (χ1v) is 8.80. The Balaban J connectivity index is 1.88. The lowest BCUT2D eigenvalue weighted by Crippen LogP contribution is -2.31. The van der Waals surface area contributed by atoms with Crippen molar-refractivity contribution in [3.05, 3.63) is 59.2 Å². The fourth-order valence-electron chi connectivity index (χ4n) is 2.42. The van der Waals surface area contributed by atoms with Crippen LogP contribution < -0.4 is 15.4 Å². The van der Waals surface area contributed by atoms with E-state index in [0.29, 0.717) is 17.0 Å². The van der Waals surface area contributed by atoms with Gasteiger partial charge in [-0.1, -0.05) is 24.6 Å². The Morgan fingerprint density at radius 1 is 1.08 bits per heavy atom. The van der Waals surface area contributed by atoms with E-state index >= 15 is 0 Å². The minimum Gasteiger partial charge on any atom is -0.483 e. The minimum atomic E-state index is -0.248. The van der Waals surface area contributed by atoms with Crippen LogP contribution in [0.2, 0.25) is 0 Å². The zero-order valence-electron chi connectivity index (χ0n) is 15.8. The van der Waals surface area contributed by atoms with Crippen molar-refractivity contribution >= 4 is 17.5 Å². The molecule has 0 heterocycles. The van der Waals surface area contributed by atoms with Crippen LogP contribution in [-0.4, -0.2) is 24.5 Å². The van der Waals surface area contributed by atoms with Crippen molar-refractivity contribution in [2.75, 3.05) is 11.9 Å². The summed E-state index contributed by atoms with van der Waals surface area (Å²) >= 11 is 0. The molecule has 0 spiro atoms. The van der Waals surface area contributed by atoms with Gasteiger partial charge in [-0.3, -0.25) is 9.59 Å². The van der Waals surface area contributed by atoms with Gasteiger partial charge in [-0.05, 0) is 63.1 Å². The molecule has 1 unspecified atom stereocenters. The van der Waals surface area contributed by atoms with Crippen LogP contribution in [0.15, 0.2) is 42.5 Å². The van der Waals surface area contributed by atoms with E-state index in [4.69, 9.17) is 4.74 Å². The van der Waals surface area contributed by atoms with Crippen LogP contribution >= 0.6 is 0 Å². The molecule has 0 aliphatic carbocycles. The fraction of sp³-hybridized carbons (Fsp3) is 0.333. The van der Waals surface area contributed by atoms with Crippen molar-refractivity contribution < 1.29 is 14.3 Å². The molecule has 2 N–H and O–H groups in total. The van der Waals surface area contributed by atoms with Gasteiger partial charge in [-0.25, -0.2) is 0 Å². The van der Waals surface area contributed by atoms with Crippen LogP contribution in [0.3, 0.4) is 0 Å². The second kappa shape index (κ2) is 9.04. The highest BCUT2D eigenvalue weighted by molar-refractivity contribution is 5.96. The molecule has 0 bridgehead atoms. The highest BCUT2D eigenvalue weighted by Gasteiger charge is 2.09. The van der Waals surface area contributed by atoms with E-state index in [-0.39, 0.29) is 24.5 Å². The van der Waals surface area contributed by atoms with Crippen LogP contribution in [0.4, 0.5) is 5.69 Å². The normalized spacial score (nSPS) is 11.5. The first kappa shape index (κ1) is 19.5. The molecule has 0 saturated heterocycles. The minimum absolute atomic E-state index is 0.0693. The number of hydrogen-bond acceptors (Lipinski definition) is 3. The van der Waals surface area contributed by atoms with Gasteiger partial charge in [-0.15, -0.1) is 0 Å². The summed E-state index contributed by atoms with van der Waals surface area (Å²) < 4.78 is 5.57. The molecule has 2 aromatic carbocycles. The van der Waals surface area contributed by atoms with Crippen LogP contribution in [0.1, 0.15) is 41.8 Å². The third-order valence-electron chi connectivity index (χ3n) is 4.11. The summed E-state index contributed by atoms with van der Waals surface area (Å²) in [5.74, 6) is 0.333. The maximum Gasteiger partial charge on any atom is 0.262 e. The SMILES string of the molecule is CCC(C)NC(=O)c1ccc(NC(=O)COc2ccc(C)cc2C)cc1. The monoisotopic (exact) mass is 354 g/mol. The van der Waals surface area contributed by atoms with Gasteiger partial charge >= 0.3 is 0 Å². The topological polar surface area (TPSA) is 67.4 Å². The average molecular weight is 354 g/mol. The summed E-state index contributed by atoms with van der Waals surface area (Å²) in [5.41, 5.74) is 3.33. The summed E-state index contributed by atoms with van der Waals surface area (Å²) in [6.07, 6.45) is 0.875. The number of rotatable bonds is 7. The lowest BCUT2D eigenvalue weighted by molar-refractivity contribution is -0.118. The van der Waals surface area contributed by atoms with Crippen LogP contribution in [0.5, 0.6) is 5.75 Å². The number of benzene rings is 2. The van der Waals surface area contributed by atoms with Crippen molar-refractivity contribution in [1.82, 2.24) is 5.32 Å². The van der Waals surface area contributed by atoms with Crippen molar-refractivity contribution in [3.63, 3.8) is 0 Å². The molecule has 0 aromatic heterocycles. The molecule has 5 heteroatoms. The Labute approximate surface area is 154 Å². The van der Waals surface area contributed by atoms with Gasteiger partial charge in [0.2, 0.25) is 0 Å². The smallest absolute Gasteiger partial charge is 0.262 e. The molecule has 0 radical (unpaired) electrons. The molecule has 0 aliphatic rings. The van der Waals surface area contributed by atoms with Gasteiger partial charge in [0.15, 0.2) is 6.61 Å². The first-order valence-electron chi connectivity index (χ1n) is 8.80. The molecule has 2 aromatic rings. The van der Waals surface area contributed by atoms with Crippen LogP contribution in [-0.2, 0) is 4.79 Å². The van der Waals surface area contributed by atoms with E-state index < -0.39 is 0 Å². The van der Waals surface area contributed by atoms with Gasteiger partial charge in [0.1, 0.15) is 5.75 Å². The number of carbonyl (C=O) groups excluding carboxylic acids is 2. The van der Waals surface area contributed by atoms with E-state index in [1.165, 1.54) is 0 Å². The second-order valence-electron chi connectivity index (χ2n) is 6.47. The molecule has 5 nitrogen and oxygen atoms in total. The van der Waals surface area contributed by atoms with E-state index in [2.05, 4.69) is 10.6 Å². The predicted molar refractivity (Wildman–Crippen MR) is 104 cm³/mol. The summed E-state index contributed by atoms with van der Waals surface area (Å²) in [6, 6.07) is 12.8. The van der Waals surface area contributed by atoms with Crippen LogP contribution in [0, 0.1) is 13.8 Å². The molecule has 138 valence electrons. The average Bonchev–Trinajstić information content (AvgIpc) is 2.61. The lowest BCUT2D eigenvalue weighted by Gasteiger charge is -2.12. The molecule has 2 rings (SSSR count). The predicted octanol–water partition coefficient (Wildman–Crippen LogP) is 3.85. The van der Waals surface area contributed by atoms with Gasteiger partial charge in [0.05, 0.1) is 0 Å². The molecular formula is C21H26N2O3. The number of aryl methyl sites for hydroxylation is 2. The number of anilines is 1. The maximum absolute atomic E-state index is 12.1. The summed E-state index contributed by atoms with van der Waals surface area (Å²) in [6.45, 7) is 7.87. The fourth-order valence-corrected chi connectivity index (χ4v) is 2.42. The summed E-state index contributed by atoms with van der Waals surface area (Å²) in [5, 5.41) is 5.67. The summed E-state index contributed by atoms with van der Waals surface area (Å²) in [7, 11) is 0. The Hall–Kier alpha value is -2.82. The third-order valence-corrected chi connectivity index (χ3v) is 4.11. The number of amides is 2. The van der Waals surface area contributed by atoms with Gasteiger partial charge < -0.3 is 15.4 Å². The zero-order chi connectivity index (χ0) is 19.1. The number of carbonyl (C=O) groups is 2. The second-order valence-corrected chi connectivity index (χ2v) is 6.47. The van der Waals surface area contributed by atoms with Gasteiger partial charge in [-0.2, -0.15) is 0 Å². The quantitative estimate of drug-likeness (QED) is 0.794. The van der Waals surface area contributed by atoms with E-state index in [9.17, 15) is 9.59 Å². The molecule has 0 aliphatic heterocycles. The van der Waals surface area contributed by atoms with Crippen molar-refractivity contribution in [2.24, 2.45) is 0 Å². The van der Waals surface area contributed by atoms with Crippen LogP contribution in [0.25, 0.3) is 0 Å². The summed E-state index contributed by atoms with van der Waals surface area (Å²) in [4.78, 5) is 24.1. The Bertz CT molecular complexity index is 769. The first-order chi connectivity index (χ1) is 12.4. The molecule has 0 fully saturated rings. The third kappa shape index (κ3) is 5.62. The largest absolute Gasteiger partial charge is 0.483 e. The number of hydrogen-bond donors (Lipinski definition) is 2. The Kier molecular flexibility index (Phi) is 6.78. The van der Waals surface area contributed by atoms with Crippen molar-refractivity contribution in [2.45, 2.75) is 40.2 Å². The number of nitrogens with one attached hydrogen (secondary N) is 2. The molecule has 1 atom stereocenters. The highest BCUT2D eigenvalue weighted by atomic mass is 16.5. The lowest BCUT2D eigenvalue weighted by atomic mass is 10.1. The van der Waals surface area contributed by atoms with E-state index in [1.54, 1.807) is 24.3 Å². The standard InChI is InChI=1S/C21H26N2O3/c1-5-16(4)22-21(25)17-7-9-18(10-8-17)23-20(24)13-26-19-11-6-14(2)12-15(19)3/h6-12,16H,5,13H2,1-4H3,(H,22,25)(H,23,24).